The zero-order valence-electron chi connectivity index (χ0n) is 14.9. The largest absolute Gasteiger partial charge is 0.422 e. The van der Waals surface area contributed by atoms with Crippen LogP contribution in [0.3, 0.4) is 0 Å². The van der Waals surface area contributed by atoms with Crippen molar-refractivity contribution in [3.63, 3.8) is 0 Å². The van der Waals surface area contributed by atoms with Gasteiger partial charge in [0.2, 0.25) is 11.8 Å². The first-order valence-electron chi connectivity index (χ1n) is 8.49. The zero-order valence-corrected chi connectivity index (χ0v) is 14.9. The molecule has 0 bridgehead atoms. The number of halogens is 1. The summed E-state index contributed by atoms with van der Waals surface area (Å²) in [6, 6.07) is 16.2. The molecule has 0 spiro atoms. The lowest BCUT2D eigenvalue weighted by molar-refractivity contribution is 0.367. The molecule has 0 saturated heterocycles. The third kappa shape index (κ3) is 2.74. The number of nitriles is 1. The summed E-state index contributed by atoms with van der Waals surface area (Å²) in [5, 5.41) is 14.2. The van der Waals surface area contributed by atoms with Gasteiger partial charge in [-0.25, -0.2) is 9.07 Å². The highest BCUT2D eigenvalue weighted by atomic mass is 19.1. The van der Waals surface area contributed by atoms with Crippen LogP contribution in [-0.4, -0.2) is 9.78 Å². The standard InChI is InChI=1S/C21H17FN4O/c1-12-6-8-14(9-7-12)19-17(11-23)20(24)27-21-18(19)13(2)25-26(21)16-5-3-4-15(22)10-16/h3-10,19H,24H2,1-2H3/t19-/m0/s1. The predicted molar refractivity (Wildman–Crippen MR) is 98.7 cm³/mol. The third-order valence-corrected chi connectivity index (χ3v) is 4.70. The summed E-state index contributed by atoms with van der Waals surface area (Å²) < 4.78 is 21.0. The molecule has 27 heavy (non-hydrogen) atoms. The number of allylic oxidation sites excluding steroid dienone is 1. The molecule has 4 rings (SSSR count). The lowest BCUT2D eigenvalue weighted by Crippen LogP contribution is -2.22. The van der Waals surface area contributed by atoms with Gasteiger partial charge in [0, 0.05) is 0 Å². The second-order valence-electron chi connectivity index (χ2n) is 6.53. The van der Waals surface area contributed by atoms with Crippen LogP contribution in [0.2, 0.25) is 0 Å². The van der Waals surface area contributed by atoms with Crippen LogP contribution < -0.4 is 10.5 Å². The highest BCUT2D eigenvalue weighted by Crippen LogP contribution is 2.44. The number of rotatable bonds is 2. The molecule has 0 radical (unpaired) electrons. The number of nitrogens with two attached hydrogens (primary N) is 1. The summed E-state index contributed by atoms with van der Waals surface area (Å²) in [5.74, 6) is -0.323. The molecular weight excluding hydrogens is 343 g/mol. The quantitative estimate of drug-likeness (QED) is 0.753. The lowest BCUT2D eigenvalue weighted by atomic mass is 9.84. The highest BCUT2D eigenvalue weighted by molar-refractivity contribution is 5.57. The SMILES string of the molecule is Cc1ccc([C@H]2C(C#N)=C(N)Oc3c2c(C)nn3-c2cccc(F)c2)cc1. The second-order valence-corrected chi connectivity index (χ2v) is 6.53. The third-order valence-electron chi connectivity index (χ3n) is 4.70. The van der Waals surface area contributed by atoms with Gasteiger partial charge in [-0.05, 0) is 37.6 Å². The van der Waals surface area contributed by atoms with Gasteiger partial charge in [0.15, 0.2) is 0 Å². The van der Waals surface area contributed by atoms with E-state index in [1.807, 2.05) is 38.1 Å². The molecule has 1 aromatic heterocycles. The first-order chi connectivity index (χ1) is 13.0. The summed E-state index contributed by atoms with van der Waals surface area (Å²) in [7, 11) is 0. The molecular formula is C21H17FN4O. The number of hydrogen-bond donors (Lipinski definition) is 1. The van der Waals surface area contributed by atoms with E-state index in [0.717, 1.165) is 16.7 Å². The average molecular weight is 360 g/mol. The summed E-state index contributed by atoms with van der Waals surface area (Å²) in [4.78, 5) is 0. The van der Waals surface area contributed by atoms with E-state index in [0.29, 0.717) is 22.8 Å². The molecule has 1 aliphatic rings. The van der Waals surface area contributed by atoms with Gasteiger partial charge in [-0.3, -0.25) is 0 Å². The summed E-state index contributed by atoms with van der Waals surface area (Å²) in [5.41, 5.74) is 10.4. The number of nitrogens with zero attached hydrogens (tertiary/aromatic N) is 3. The highest BCUT2D eigenvalue weighted by Gasteiger charge is 2.36. The van der Waals surface area contributed by atoms with Crippen LogP contribution in [0.5, 0.6) is 5.88 Å². The molecule has 134 valence electrons. The van der Waals surface area contributed by atoms with Crippen molar-refractivity contribution in [1.82, 2.24) is 9.78 Å². The number of fused-ring (bicyclic) bond motifs is 1. The van der Waals surface area contributed by atoms with E-state index >= 15 is 0 Å². The molecule has 1 aliphatic heterocycles. The molecule has 3 aromatic rings. The van der Waals surface area contributed by atoms with Gasteiger partial charge >= 0.3 is 0 Å². The number of hydrogen-bond acceptors (Lipinski definition) is 4. The normalized spacial score (nSPS) is 15.9. The Morgan fingerprint density at radius 1 is 1.19 bits per heavy atom. The van der Waals surface area contributed by atoms with Gasteiger partial charge in [0.05, 0.1) is 22.9 Å². The van der Waals surface area contributed by atoms with Crippen molar-refractivity contribution < 1.29 is 9.13 Å². The summed E-state index contributed by atoms with van der Waals surface area (Å²) in [6.07, 6.45) is 0. The Bertz CT molecular complexity index is 1110. The Kier molecular flexibility index (Phi) is 3.93. The average Bonchev–Trinajstić information content (AvgIpc) is 2.97. The van der Waals surface area contributed by atoms with Gasteiger partial charge in [0.1, 0.15) is 17.5 Å². The monoisotopic (exact) mass is 360 g/mol. The van der Waals surface area contributed by atoms with Crippen molar-refractivity contribution >= 4 is 0 Å². The lowest BCUT2D eigenvalue weighted by Gasteiger charge is -2.25. The zero-order chi connectivity index (χ0) is 19.1. The predicted octanol–water partition coefficient (Wildman–Crippen LogP) is 3.85. The summed E-state index contributed by atoms with van der Waals surface area (Å²) >= 11 is 0. The Hall–Kier alpha value is -3.59. The van der Waals surface area contributed by atoms with Gasteiger partial charge in [-0.2, -0.15) is 10.4 Å². The molecule has 0 aliphatic carbocycles. The Morgan fingerprint density at radius 2 is 1.93 bits per heavy atom. The smallest absolute Gasteiger partial charge is 0.229 e. The van der Waals surface area contributed by atoms with E-state index in [-0.39, 0.29) is 17.6 Å². The van der Waals surface area contributed by atoms with Crippen LogP contribution in [0.15, 0.2) is 60.0 Å². The molecule has 0 amide bonds. The van der Waals surface area contributed by atoms with E-state index in [9.17, 15) is 9.65 Å². The van der Waals surface area contributed by atoms with Crippen molar-refractivity contribution in [3.8, 4) is 17.6 Å². The molecule has 0 unspecified atom stereocenters. The molecule has 2 heterocycles. The maximum Gasteiger partial charge on any atom is 0.229 e. The van der Waals surface area contributed by atoms with E-state index in [4.69, 9.17) is 10.5 Å². The Labute approximate surface area is 156 Å². The number of aromatic nitrogens is 2. The van der Waals surface area contributed by atoms with Crippen molar-refractivity contribution in [2.75, 3.05) is 0 Å². The minimum atomic E-state index is -0.387. The first kappa shape index (κ1) is 16.9. The fraction of sp³-hybridized carbons (Fsp3) is 0.143. The minimum absolute atomic E-state index is 0.0353. The molecule has 0 saturated carbocycles. The van der Waals surface area contributed by atoms with Crippen LogP contribution in [0.25, 0.3) is 5.69 Å². The van der Waals surface area contributed by atoms with E-state index in [1.165, 1.54) is 16.8 Å². The molecule has 5 nitrogen and oxygen atoms in total. The van der Waals surface area contributed by atoms with E-state index in [2.05, 4.69) is 11.2 Å². The van der Waals surface area contributed by atoms with Crippen molar-refractivity contribution in [2.24, 2.45) is 5.73 Å². The molecule has 2 aromatic carbocycles. The summed E-state index contributed by atoms with van der Waals surface area (Å²) in [6.45, 7) is 3.84. The maximum atomic E-state index is 13.7. The van der Waals surface area contributed by atoms with Gasteiger partial charge < -0.3 is 10.5 Å². The van der Waals surface area contributed by atoms with Gasteiger partial charge in [-0.1, -0.05) is 35.9 Å². The maximum absolute atomic E-state index is 13.7. The minimum Gasteiger partial charge on any atom is -0.422 e. The van der Waals surface area contributed by atoms with Gasteiger partial charge in [-0.15, -0.1) is 0 Å². The van der Waals surface area contributed by atoms with Crippen LogP contribution in [0, 0.1) is 31.0 Å². The Morgan fingerprint density at radius 3 is 2.59 bits per heavy atom. The van der Waals surface area contributed by atoms with Gasteiger partial charge in [0.25, 0.3) is 0 Å². The van der Waals surface area contributed by atoms with E-state index in [1.54, 1.807) is 12.1 Å². The van der Waals surface area contributed by atoms with Crippen LogP contribution in [0.4, 0.5) is 4.39 Å². The molecule has 0 fully saturated rings. The van der Waals surface area contributed by atoms with Crippen molar-refractivity contribution in [1.29, 1.82) is 5.26 Å². The van der Waals surface area contributed by atoms with Crippen molar-refractivity contribution in [3.05, 3.63) is 88.2 Å². The number of ether oxygens (including phenoxy) is 1. The fourth-order valence-corrected chi connectivity index (χ4v) is 3.39. The van der Waals surface area contributed by atoms with Crippen LogP contribution in [0.1, 0.15) is 28.3 Å². The van der Waals surface area contributed by atoms with Crippen molar-refractivity contribution in [2.45, 2.75) is 19.8 Å². The molecule has 6 heteroatoms. The number of aryl methyl sites for hydroxylation is 2. The second kappa shape index (κ2) is 6.29. The fourth-order valence-electron chi connectivity index (χ4n) is 3.39. The van der Waals surface area contributed by atoms with Crippen LogP contribution >= 0.6 is 0 Å². The molecule has 2 N–H and O–H groups in total. The Balaban J connectivity index is 1.95. The van der Waals surface area contributed by atoms with Crippen LogP contribution in [-0.2, 0) is 0 Å². The molecule has 1 atom stereocenters. The first-order valence-corrected chi connectivity index (χ1v) is 8.49. The van der Waals surface area contributed by atoms with E-state index < -0.39 is 0 Å². The number of benzene rings is 2. The topological polar surface area (TPSA) is 76.9 Å².